The molecule has 2 rings (SSSR count). The van der Waals surface area contributed by atoms with Gasteiger partial charge in [-0.15, -0.1) is 0 Å². The molecule has 6 heteroatoms. The first-order valence-electron chi connectivity index (χ1n) is 5.61. The second-order valence-electron chi connectivity index (χ2n) is 4.26. The fourth-order valence-corrected chi connectivity index (χ4v) is 1.72. The van der Waals surface area contributed by atoms with E-state index in [2.05, 4.69) is 0 Å². The number of carbonyl (C=O) groups is 1. The Morgan fingerprint density at radius 3 is 2.56 bits per heavy atom. The maximum atomic E-state index is 11.8. The van der Waals surface area contributed by atoms with Crippen LogP contribution in [0, 0.1) is 16.0 Å². The molecule has 6 nitrogen and oxygen atoms in total. The normalized spacial score (nSPS) is 22.7. The zero-order valence-electron chi connectivity index (χ0n) is 9.87. The summed E-state index contributed by atoms with van der Waals surface area (Å²) in [5, 5.41) is 10.5. The molecule has 18 heavy (non-hydrogen) atoms. The number of carbonyl (C=O) groups excluding carboxylic acids is 1. The summed E-state index contributed by atoms with van der Waals surface area (Å²) < 4.78 is 10.5. The lowest BCUT2D eigenvalue weighted by Gasteiger charge is -2.14. The standard InChI is InChI=1S/C12H13NO5/c1-8-6-17-7-11(8)18-12(14)9-2-4-10(5-3-9)13(15)16/h2-5,8,11H,6-7H2,1H3/t8-,11+/m0/s1. The first kappa shape index (κ1) is 12.5. The topological polar surface area (TPSA) is 78.7 Å². The predicted molar refractivity (Wildman–Crippen MR) is 62.3 cm³/mol. The molecule has 0 unspecified atom stereocenters. The van der Waals surface area contributed by atoms with Crippen molar-refractivity contribution in [1.29, 1.82) is 0 Å². The van der Waals surface area contributed by atoms with Crippen molar-refractivity contribution in [3.63, 3.8) is 0 Å². The molecule has 96 valence electrons. The number of hydrogen-bond acceptors (Lipinski definition) is 5. The number of ether oxygens (including phenoxy) is 2. The molecular weight excluding hydrogens is 238 g/mol. The SMILES string of the molecule is C[C@H]1COC[C@H]1OC(=O)c1ccc([N+](=O)[O-])cc1. The first-order chi connectivity index (χ1) is 8.58. The number of esters is 1. The smallest absolute Gasteiger partial charge is 0.338 e. The van der Waals surface area contributed by atoms with Crippen LogP contribution in [-0.2, 0) is 9.47 Å². The molecule has 1 heterocycles. The molecule has 0 aromatic heterocycles. The predicted octanol–water partition coefficient (Wildman–Crippen LogP) is 1.79. The zero-order chi connectivity index (χ0) is 13.1. The molecule has 0 amide bonds. The van der Waals surface area contributed by atoms with Crippen molar-refractivity contribution in [2.45, 2.75) is 13.0 Å². The summed E-state index contributed by atoms with van der Waals surface area (Å²) in [5.41, 5.74) is 0.254. The molecule has 0 spiro atoms. The van der Waals surface area contributed by atoms with E-state index >= 15 is 0 Å². The number of hydrogen-bond donors (Lipinski definition) is 0. The Kier molecular flexibility index (Phi) is 3.57. The van der Waals surface area contributed by atoms with E-state index in [1.165, 1.54) is 24.3 Å². The van der Waals surface area contributed by atoms with Crippen LogP contribution in [-0.4, -0.2) is 30.2 Å². The molecule has 1 aliphatic rings. The molecule has 0 aliphatic carbocycles. The van der Waals surface area contributed by atoms with Crippen LogP contribution in [0.25, 0.3) is 0 Å². The number of rotatable bonds is 3. The number of benzene rings is 1. The molecule has 1 fully saturated rings. The highest BCUT2D eigenvalue weighted by Gasteiger charge is 2.28. The minimum atomic E-state index is -0.512. The van der Waals surface area contributed by atoms with E-state index in [-0.39, 0.29) is 17.7 Å². The average Bonchev–Trinajstić information content (AvgIpc) is 2.75. The highest BCUT2D eigenvalue weighted by atomic mass is 16.6. The van der Waals surface area contributed by atoms with Crippen LogP contribution >= 0.6 is 0 Å². The highest BCUT2D eigenvalue weighted by Crippen LogP contribution is 2.19. The van der Waals surface area contributed by atoms with E-state index < -0.39 is 10.9 Å². The second kappa shape index (κ2) is 5.14. The van der Waals surface area contributed by atoms with E-state index in [1.54, 1.807) is 0 Å². The largest absolute Gasteiger partial charge is 0.456 e. The Morgan fingerprint density at radius 2 is 2.06 bits per heavy atom. The van der Waals surface area contributed by atoms with Crippen molar-refractivity contribution in [2.24, 2.45) is 5.92 Å². The van der Waals surface area contributed by atoms with Gasteiger partial charge in [-0.05, 0) is 12.1 Å². The Labute approximate surface area is 104 Å². The van der Waals surface area contributed by atoms with Gasteiger partial charge in [0, 0.05) is 18.1 Å². The monoisotopic (exact) mass is 251 g/mol. The van der Waals surface area contributed by atoms with Crippen molar-refractivity contribution < 1.29 is 19.2 Å². The van der Waals surface area contributed by atoms with Gasteiger partial charge in [0.1, 0.15) is 6.10 Å². The molecule has 1 saturated heterocycles. The summed E-state index contributed by atoms with van der Waals surface area (Å²) in [7, 11) is 0. The summed E-state index contributed by atoms with van der Waals surface area (Å²) in [6.45, 7) is 2.93. The van der Waals surface area contributed by atoms with Crippen LogP contribution in [0.1, 0.15) is 17.3 Å². The van der Waals surface area contributed by atoms with E-state index in [9.17, 15) is 14.9 Å². The lowest BCUT2D eigenvalue weighted by atomic mass is 10.1. The second-order valence-corrected chi connectivity index (χ2v) is 4.26. The maximum absolute atomic E-state index is 11.8. The van der Waals surface area contributed by atoms with Crippen molar-refractivity contribution in [2.75, 3.05) is 13.2 Å². The molecule has 1 aromatic rings. The highest BCUT2D eigenvalue weighted by molar-refractivity contribution is 5.89. The summed E-state index contributed by atoms with van der Waals surface area (Å²) in [5.74, 6) is -0.306. The molecule has 0 N–H and O–H groups in total. The summed E-state index contributed by atoms with van der Waals surface area (Å²) >= 11 is 0. The Hall–Kier alpha value is -1.95. The number of non-ortho nitro benzene ring substituents is 1. The van der Waals surface area contributed by atoms with Gasteiger partial charge in [-0.1, -0.05) is 6.92 Å². The van der Waals surface area contributed by atoms with Crippen molar-refractivity contribution in [3.8, 4) is 0 Å². The van der Waals surface area contributed by atoms with Crippen LogP contribution in [0.2, 0.25) is 0 Å². The summed E-state index contributed by atoms with van der Waals surface area (Å²) in [4.78, 5) is 21.7. The lowest BCUT2D eigenvalue weighted by molar-refractivity contribution is -0.384. The molecule has 1 aliphatic heterocycles. The lowest BCUT2D eigenvalue weighted by Crippen LogP contribution is -2.23. The van der Waals surface area contributed by atoms with Crippen LogP contribution < -0.4 is 0 Å². The molecule has 0 bridgehead atoms. The van der Waals surface area contributed by atoms with Gasteiger partial charge in [0.05, 0.1) is 23.7 Å². The van der Waals surface area contributed by atoms with Gasteiger partial charge in [-0.25, -0.2) is 4.79 Å². The third-order valence-electron chi connectivity index (χ3n) is 2.87. The molecule has 0 saturated carbocycles. The minimum absolute atomic E-state index is 0.0517. The van der Waals surface area contributed by atoms with Gasteiger partial charge in [0.2, 0.25) is 0 Å². The molecule has 1 aromatic carbocycles. The van der Waals surface area contributed by atoms with Gasteiger partial charge in [-0.2, -0.15) is 0 Å². The van der Waals surface area contributed by atoms with Gasteiger partial charge < -0.3 is 9.47 Å². The van der Waals surface area contributed by atoms with Crippen LogP contribution in [0.3, 0.4) is 0 Å². The van der Waals surface area contributed by atoms with E-state index in [0.29, 0.717) is 18.8 Å². The maximum Gasteiger partial charge on any atom is 0.338 e. The Bertz CT molecular complexity index is 456. The van der Waals surface area contributed by atoms with E-state index in [1.807, 2.05) is 6.92 Å². The third-order valence-corrected chi connectivity index (χ3v) is 2.87. The van der Waals surface area contributed by atoms with Gasteiger partial charge >= 0.3 is 5.97 Å². The van der Waals surface area contributed by atoms with Crippen LogP contribution in [0.15, 0.2) is 24.3 Å². The third kappa shape index (κ3) is 2.65. The zero-order valence-corrected chi connectivity index (χ0v) is 9.87. The fourth-order valence-electron chi connectivity index (χ4n) is 1.72. The average molecular weight is 251 g/mol. The fraction of sp³-hybridized carbons (Fsp3) is 0.417. The van der Waals surface area contributed by atoms with Crippen molar-refractivity contribution in [1.82, 2.24) is 0 Å². The number of nitro benzene ring substituents is 1. The quantitative estimate of drug-likeness (QED) is 0.465. The van der Waals surface area contributed by atoms with Crippen molar-refractivity contribution in [3.05, 3.63) is 39.9 Å². The molecule has 2 atom stereocenters. The van der Waals surface area contributed by atoms with Crippen LogP contribution in [0.4, 0.5) is 5.69 Å². The summed E-state index contributed by atoms with van der Waals surface area (Å²) in [6.07, 6.45) is -0.243. The number of nitrogens with zero attached hydrogens (tertiary/aromatic N) is 1. The van der Waals surface area contributed by atoms with Gasteiger partial charge in [0.25, 0.3) is 5.69 Å². The first-order valence-corrected chi connectivity index (χ1v) is 5.61. The van der Waals surface area contributed by atoms with Crippen LogP contribution in [0.5, 0.6) is 0 Å². The molecular formula is C12H13NO5. The Balaban J connectivity index is 2.02. The van der Waals surface area contributed by atoms with Crippen molar-refractivity contribution >= 4 is 11.7 Å². The van der Waals surface area contributed by atoms with Gasteiger partial charge in [-0.3, -0.25) is 10.1 Å². The molecule has 0 radical (unpaired) electrons. The Morgan fingerprint density at radius 1 is 1.39 bits per heavy atom. The minimum Gasteiger partial charge on any atom is -0.456 e. The van der Waals surface area contributed by atoms with E-state index in [0.717, 1.165) is 0 Å². The number of nitro groups is 1. The van der Waals surface area contributed by atoms with Gasteiger partial charge in [0.15, 0.2) is 0 Å². The summed E-state index contributed by atoms with van der Waals surface area (Å²) in [6, 6.07) is 5.35. The van der Waals surface area contributed by atoms with E-state index in [4.69, 9.17) is 9.47 Å².